The van der Waals surface area contributed by atoms with Crippen LogP contribution < -0.4 is 4.57 Å². The maximum Gasteiger partial charge on any atom is 0.226 e. The van der Waals surface area contributed by atoms with Gasteiger partial charge in [0.2, 0.25) is 11.4 Å². The zero-order valence-corrected chi connectivity index (χ0v) is 15.4. The van der Waals surface area contributed by atoms with Crippen molar-refractivity contribution in [2.45, 2.75) is 26.2 Å². The Morgan fingerprint density at radius 1 is 1.00 bits per heavy atom. The molecule has 0 saturated carbocycles. The van der Waals surface area contributed by atoms with Crippen LogP contribution in [0.3, 0.4) is 0 Å². The third-order valence-electron chi connectivity index (χ3n) is 5.51. The molecule has 2 aromatic carbocycles. The molecule has 0 amide bonds. The van der Waals surface area contributed by atoms with E-state index in [0.717, 1.165) is 22.4 Å². The second kappa shape index (κ2) is 5.51. The molecular weight excluding hydrogens is 323 g/mol. The van der Waals surface area contributed by atoms with Crippen LogP contribution >= 0.6 is 0 Å². The molecule has 0 spiro atoms. The number of halogens is 1. The lowest BCUT2D eigenvalue weighted by Gasteiger charge is -2.25. The summed E-state index contributed by atoms with van der Waals surface area (Å²) >= 11 is 0. The number of rotatable bonds is 1. The molecule has 2 nitrogen and oxygen atoms in total. The number of pyridine rings is 1. The third kappa shape index (κ3) is 2.05. The lowest BCUT2D eigenvalue weighted by atomic mass is 9.77. The van der Waals surface area contributed by atoms with E-state index in [9.17, 15) is 4.39 Å². The van der Waals surface area contributed by atoms with Crippen LogP contribution in [0.4, 0.5) is 10.1 Å². The van der Waals surface area contributed by atoms with E-state index >= 15 is 0 Å². The Balaban J connectivity index is 2.14. The van der Waals surface area contributed by atoms with Crippen LogP contribution in [-0.2, 0) is 12.5 Å². The number of aromatic nitrogens is 1. The maximum absolute atomic E-state index is 14.4. The summed E-state index contributed by atoms with van der Waals surface area (Å²) in [5.41, 5.74) is 7.20. The van der Waals surface area contributed by atoms with Gasteiger partial charge < -0.3 is 0 Å². The van der Waals surface area contributed by atoms with Gasteiger partial charge >= 0.3 is 0 Å². The van der Waals surface area contributed by atoms with E-state index in [1.807, 2.05) is 31.4 Å². The highest BCUT2D eigenvalue weighted by molar-refractivity contribution is 5.91. The van der Waals surface area contributed by atoms with E-state index < -0.39 is 11.2 Å². The Kier molecular flexibility index (Phi) is 3.49. The van der Waals surface area contributed by atoms with Gasteiger partial charge in [-0.15, -0.1) is 0 Å². The molecule has 0 unspecified atom stereocenters. The fourth-order valence-corrected chi connectivity index (χ4v) is 4.35. The number of benzene rings is 2. The van der Waals surface area contributed by atoms with Crippen molar-refractivity contribution in [2.75, 3.05) is 0 Å². The van der Waals surface area contributed by atoms with Crippen LogP contribution in [0, 0.1) is 19.3 Å². The average molecular weight is 343 g/mol. The first-order valence-corrected chi connectivity index (χ1v) is 8.68. The van der Waals surface area contributed by atoms with Gasteiger partial charge in [0.05, 0.1) is 12.1 Å². The van der Waals surface area contributed by atoms with Gasteiger partial charge in [0.25, 0.3) is 0 Å². The summed E-state index contributed by atoms with van der Waals surface area (Å²) in [6, 6.07) is 13.6. The molecule has 0 N–H and O–H groups in total. The van der Waals surface area contributed by atoms with Crippen molar-refractivity contribution in [3.8, 4) is 22.4 Å². The van der Waals surface area contributed by atoms with Gasteiger partial charge in [-0.05, 0) is 46.9 Å². The largest absolute Gasteiger partial charge is 0.235 e. The molecule has 1 aromatic heterocycles. The van der Waals surface area contributed by atoms with Crippen molar-refractivity contribution in [3.05, 3.63) is 82.6 Å². The summed E-state index contributed by atoms with van der Waals surface area (Å²) in [5.74, 6) is -0.442. The summed E-state index contributed by atoms with van der Waals surface area (Å²) in [5, 5.41) is 0. The van der Waals surface area contributed by atoms with Crippen LogP contribution in [0.2, 0.25) is 0 Å². The lowest BCUT2D eigenvalue weighted by Crippen LogP contribution is -2.31. The van der Waals surface area contributed by atoms with Gasteiger partial charge in [0, 0.05) is 17.5 Å². The summed E-state index contributed by atoms with van der Waals surface area (Å²) in [6.45, 7) is 13.8. The fraction of sp³-hybridized carbons (Fsp3) is 0.217. The standard InChI is InChI=1S/C23H20FN2/c1-14-9-10-15-16-11-12-17(24)22(25-4)21(16)23(2,3)20(15)19(14)18-8-6-7-13-26(18)5/h6-13H,1-3,5H3/q+1. The third-order valence-corrected chi connectivity index (χ3v) is 5.51. The van der Waals surface area contributed by atoms with Crippen LogP contribution in [0.5, 0.6) is 0 Å². The predicted octanol–water partition coefficient (Wildman–Crippen LogP) is 5.48. The number of fused-ring (bicyclic) bond motifs is 3. The topological polar surface area (TPSA) is 8.24 Å². The van der Waals surface area contributed by atoms with Crippen molar-refractivity contribution in [1.82, 2.24) is 0 Å². The first kappa shape index (κ1) is 16.5. The van der Waals surface area contributed by atoms with Gasteiger partial charge in [-0.1, -0.05) is 32.0 Å². The molecule has 1 aliphatic rings. The zero-order chi connectivity index (χ0) is 18.6. The van der Waals surface area contributed by atoms with Gasteiger partial charge in [0.15, 0.2) is 6.20 Å². The van der Waals surface area contributed by atoms with E-state index in [-0.39, 0.29) is 5.69 Å². The molecule has 0 bridgehead atoms. The van der Waals surface area contributed by atoms with Crippen LogP contribution in [-0.4, -0.2) is 0 Å². The van der Waals surface area contributed by atoms with Crippen LogP contribution in [0.1, 0.15) is 30.5 Å². The highest BCUT2D eigenvalue weighted by Gasteiger charge is 2.41. The highest BCUT2D eigenvalue weighted by atomic mass is 19.1. The minimum absolute atomic E-state index is 0.143. The second-order valence-electron chi connectivity index (χ2n) is 7.43. The zero-order valence-electron chi connectivity index (χ0n) is 15.4. The van der Waals surface area contributed by atoms with Gasteiger partial charge in [-0.25, -0.2) is 13.8 Å². The molecule has 0 aliphatic heterocycles. The molecule has 3 aromatic rings. The Hall–Kier alpha value is -2.99. The smallest absolute Gasteiger partial charge is 0.226 e. The Morgan fingerprint density at radius 2 is 1.69 bits per heavy atom. The minimum Gasteiger partial charge on any atom is -0.235 e. The molecule has 3 heteroatoms. The Labute approximate surface area is 153 Å². The van der Waals surface area contributed by atoms with E-state index in [2.05, 4.69) is 48.4 Å². The summed E-state index contributed by atoms with van der Waals surface area (Å²) < 4.78 is 16.5. The van der Waals surface area contributed by atoms with Crippen molar-refractivity contribution in [1.29, 1.82) is 0 Å². The summed E-state index contributed by atoms with van der Waals surface area (Å²) in [7, 11) is 2.04. The van der Waals surface area contributed by atoms with E-state index in [4.69, 9.17) is 6.57 Å². The quantitative estimate of drug-likeness (QED) is 0.408. The minimum atomic E-state index is -0.448. The molecule has 1 heterocycles. The number of hydrogen-bond donors (Lipinski definition) is 0. The van der Waals surface area contributed by atoms with Crippen LogP contribution in [0.25, 0.3) is 27.2 Å². The lowest BCUT2D eigenvalue weighted by molar-refractivity contribution is -0.660. The number of nitrogens with zero attached hydrogens (tertiary/aromatic N) is 2. The average Bonchev–Trinajstić information content (AvgIpc) is 2.84. The van der Waals surface area contributed by atoms with Crippen molar-refractivity contribution in [2.24, 2.45) is 7.05 Å². The normalized spacial score (nSPS) is 13.8. The number of hydrogen-bond acceptors (Lipinski definition) is 0. The molecule has 0 radical (unpaired) electrons. The van der Waals surface area contributed by atoms with E-state index in [0.29, 0.717) is 0 Å². The highest BCUT2D eigenvalue weighted by Crippen LogP contribution is 2.55. The molecular formula is C23H20FN2+. The fourth-order valence-electron chi connectivity index (χ4n) is 4.35. The predicted molar refractivity (Wildman–Crippen MR) is 102 cm³/mol. The van der Waals surface area contributed by atoms with Gasteiger partial charge in [-0.3, -0.25) is 0 Å². The van der Waals surface area contributed by atoms with E-state index in [1.54, 1.807) is 0 Å². The Morgan fingerprint density at radius 3 is 2.38 bits per heavy atom. The number of aryl methyl sites for hydroxylation is 2. The monoisotopic (exact) mass is 343 g/mol. The molecule has 0 saturated heterocycles. The Bertz CT molecular complexity index is 1100. The molecule has 1 aliphatic carbocycles. The molecule has 0 fully saturated rings. The SMILES string of the molecule is [C-]#[N+]c1c(F)ccc2c1C(C)(C)c1c-2ccc(C)c1-c1cccc[n+]1C. The second-order valence-corrected chi connectivity index (χ2v) is 7.43. The van der Waals surface area contributed by atoms with Gasteiger partial charge in [0.1, 0.15) is 12.9 Å². The van der Waals surface area contributed by atoms with Crippen molar-refractivity contribution in [3.63, 3.8) is 0 Å². The van der Waals surface area contributed by atoms with Crippen LogP contribution in [0.15, 0.2) is 48.7 Å². The first-order chi connectivity index (χ1) is 12.4. The maximum atomic E-state index is 14.4. The molecule has 128 valence electrons. The van der Waals surface area contributed by atoms with Crippen molar-refractivity contribution >= 4 is 5.69 Å². The molecule has 26 heavy (non-hydrogen) atoms. The summed E-state index contributed by atoms with van der Waals surface area (Å²) in [6.07, 6.45) is 2.04. The molecule has 0 atom stereocenters. The van der Waals surface area contributed by atoms with E-state index in [1.165, 1.54) is 22.8 Å². The summed E-state index contributed by atoms with van der Waals surface area (Å²) in [4.78, 5) is 3.53. The molecule has 4 rings (SSSR count). The van der Waals surface area contributed by atoms with Crippen molar-refractivity contribution < 1.29 is 8.96 Å². The first-order valence-electron chi connectivity index (χ1n) is 8.68. The van der Waals surface area contributed by atoms with Gasteiger partial charge in [-0.2, -0.15) is 0 Å².